The second kappa shape index (κ2) is 8.60. The predicted molar refractivity (Wildman–Crippen MR) is 110 cm³/mol. The number of benzene rings is 2. The number of rotatable bonds is 6. The molecule has 5 heteroatoms. The molecule has 4 rings (SSSR count). The van der Waals surface area contributed by atoms with Crippen LogP contribution in [0.2, 0.25) is 0 Å². The van der Waals surface area contributed by atoms with Gasteiger partial charge in [-0.3, -0.25) is 19.3 Å². The molecule has 2 aliphatic rings. The lowest BCUT2D eigenvalue weighted by atomic mass is 9.81. The van der Waals surface area contributed by atoms with Crippen LogP contribution < -0.4 is 5.32 Å². The highest BCUT2D eigenvalue weighted by atomic mass is 16.2. The lowest BCUT2D eigenvalue weighted by Crippen LogP contribution is -2.36. The van der Waals surface area contributed by atoms with Crippen molar-refractivity contribution in [1.29, 1.82) is 0 Å². The molecule has 0 unspecified atom stereocenters. The maximum atomic E-state index is 12.7. The van der Waals surface area contributed by atoms with Gasteiger partial charge in [0.15, 0.2) is 0 Å². The maximum absolute atomic E-state index is 12.7. The molecule has 0 bridgehead atoms. The molecule has 2 aromatic carbocycles. The molecule has 1 saturated carbocycles. The highest BCUT2D eigenvalue weighted by molar-refractivity contribution is 6.05. The van der Waals surface area contributed by atoms with Crippen LogP contribution in [-0.4, -0.2) is 29.2 Å². The Morgan fingerprint density at radius 3 is 1.83 bits per heavy atom. The van der Waals surface area contributed by atoms with Crippen molar-refractivity contribution in [3.05, 3.63) is 71.8 Å². The third-order valence-corrected chi connectivity index (χ3v) is 6.07. The first-order chi connectivity index (χ1) is 14.1. The number of hydrogen-bond donors (Lipinski definition) is 1. The van der Waals surface area contributed by atoms with Crippen LogP contribution in [0.1, 0.15) is 49.3 Å². The zero-order valence-corrected chi connectivity index (χ0v) is 16.4. The number of carbonyl (C=O) groups excluding carboxylic acids is 3. The van der Waals surface area contributed by atoms with Crippen molar-refractivity contribution in [2.45, 2.75) is 38.1 Å². The van der Waals surface area contributed by atoms with E-state index in [9.17, 15) is 14.4 Å². The molecule has 0 spiro atoms. The summed E-state index contributed by atoms with van der Waals surface area (Å²) in [6, 6.07) is 19.3. The van der Waals surface area contributed by atoms with Gasteiger partial charge in [0.2, 0.25) is 17.7 Å². The second-order valence-electron chi connectivity index (χ2n) is 7.90. The van der Waals surface area contributed by atoms with Crippen molar-refractivity contribution >= 4 is 17.7 Å². The monoisotopic (exact) mass is 390 g/mol. The Morgan fingerprint density at radius 1 is 0.862 bits per heavy atom. The highest BCUT2D eigenvalue weighted by Crippen LogP contribution is 2.38. The van der Waals surface area contributed by atoms with Crippen LogP contribution in [0.15, 0.2) is 60.7 Å². The van der Waals surface area contributed by atoms with Gasteiger partial charge >= 0.3 is 0 Å². The van der Waals surface area contributed by atoms with Gasteiger partial charge in [-0.25, -0.2) is 0 Å². The van der Waals surface area contributed by atoms with E-state index in [0.717, 1.165) is 36.8 Å². The SMILES string of the molecule is O=C(CCN1C(=O)[C@H]2CCCC[C@@H]2C1=O)NC(c1ccccc1)c1ccccc1. The molecule has 5 nitrogen and oxygen atoms in total. The smallest absolute Gasteiger partial charge is 0.233 e. The number of imide groups is 1. The third kappa shape index (κ3) is 4.09. The molecule has 0 radical (unpaired) electrons. The van der Waals surface area contributed by atoms with Crippen LogP contribution in [0.3, 0.4) is 0 Å². The molecule has 3 amide bonds. The summed E-state index contributed by atoms with van der Waals surface area (Å²) in [6.45, 7) is 0.160. The van der Waals surface area contributed by atoms with E-state index in [1.807, 2.05) is 60.7 Å². The first-order valence-corrected chi connectivity index (χ1v) is 10.4. The number of carbonyl (C=O) groups is 3. The average Bonchev–Trinajstić information content (AvgIpc) is 3.02. The van der Waals surface area contributed by atoms with Gasteiger partial charge in [0.25, 0.3) is 0 Å². The number of hydrogen-bond acceptors (Lipinski definition) is 3. The summed E-state index contributed by atoms with van der Waals surface area (Å²) in [7, 11) is 0. The van der Waals surface area contributed by atoms with Crippen LogP contribution in [0, 0.1) is 11.8 Å². The van der Waals surface area contributed by atoms with Gasteiger partial charge in [-0.2, -0.15) is 0 Å². The Labute approximate surface area is 171 Å². The third-order valence-electron chi connectivity index (χ3n) is 6.07. The topological polar surface area (TPSA) is 66.5 Å². The van der Waals surface area contributed by atoms with E-state index < -0.39 is 0 Å². The first-order valence-electron chi connectivity index (χ1n) is 10.4. The molecule has 1 aliphatic carbocycles. The molecule has 2 atom stereocenters. The Kier molecular flexibility index (Phi) is 5.74. The van der Waals surface area contributed by atoms with Crippen LogP contribution >= 0.6 is 0 Å². The van der Waals surface area contributed by atoms with Crippen LogP contribution in [0.4, 0.5) is 0 Å². The minimum Gasteiger partial charge on any atom is -0.345 e. The second-order valence-corrected chi connectivity index (χ2v) is 7.90. The minimum atomic E-state index is -0.266. The number of nitrogens with one attached hydrogen (secondary N) is 1. The molecule has 1 aliphatic heterocycles. The van der Waals surface area contributed by atoms with Crippen molar-refractivity contribution < 1.29 is 14.4 Å². The van der Waals surface area contributed by atoms with Gasteiger partial charge in [0.1, 0.15) is 0 Å². The van der Waals surface area contributed by atoms with Crippen LogP contribution in [0.5, 0.6) is 0 Å². The molecule has 29 heavy (non-hydrogen) atoms. The van der Waals surface area contributed by atoms with Crippen molar-refractivity contribution in [1.82, 2.24) is 10.2 Å². The summed E-state index contributed by atoms with van der Waals surface area (Å²) in [5.74, 6) is -0.676. The fraction of sp³-hybridized carbons (Fsp3) is 0.375. The van der Waals surface area contributed by atoms with Crippen molar-refractivity contribution in [3.63, 3.8) is 0 Å². The first kappa shape index (κ1) is 19.4. The summed E-state index contributed by atoms with van der Waals surface area (Å²) in [6.07, 6.45) is 3.71. The summed E-state index contributed by atoms with van der Waals surface area (Å²) < 4.78 is 0. The number of amides is 3. The van der Waals surface area contributed by atoms with Gasteiger partial charge in [0, 0.05) is 13.0 Å². The Balaban J connectivity index is 1.42. The van der Waals surface area contributed by atoms with Crippen molar-refractivity contribution in [2.24, 2.45) is 11.8 Å². The molecule has 1 N–H and O–H groups in total. The zero-order chi connectivity index (χ0) is 20.2. The Bertz CT molecular complexity index is 818. The Morgan fingerprint density at radius 2 is 1.34 bits per heavy atom. The van der Waals surface area contributed by atoms with E-state index in [-0.39, 0.29) is 48.6 Å². The largest absolute Gasteiger partial charge is 0.345 e. The highest BCUT2D eigenvalue weighted by Gasteiger charge is 2.47. The fourth-order valence-electron chi connectivity index (χ4n) is 4.55. The number of fused-ring (bicyclic) bond motifs is 1. The van der Waals surface area contributed by atoms with Gasteiger partial charge in [-0.05, 0) is 24.0 Å². The average molecular weight is 390 g/mol. The quantitative estimate of drug-likeness (QED) is 0.768. The maximum Gasteiger partial charge on any atom is 0.233 e. The number of likely N-dealkylation sites (tertiary alicyclic amines) is 1. The summed E-state index contributed by atoms with van der Waals surface area (Å²) in [5.41, 5.74) is 1.98. The van der Waals surface area contributed by atoms with Gasteiger partial charge < -0.3 is 5.32 Å². The predicted octanol–water partition coefficient (Wildman–Crippen LogP) is 3.46. The lowest BCUT2D eigenvalue weighted by molar-refractivity contribution is -0.140. The van der Waals surface area contributed by atoms with Crippen molar-refractivity contribution in [3.8, 4) is 0 Å². The van der Waals surface area contributed by atoms with E-state index in [1.165, 1.54) is 4.90 Å². The standard InChI is InChI=1S/C24H26N2O3/c27-21(15-16-26-23(28)19-13-7-8-14-20(19)24(26)29)25-22(17-9-3-1-4-10-17)18-11-5-2-6-12-18/h1-6,9-12,19-20,22H,7-8,13-16H2,(H,25,27)/t19-,20-/m0/s1. The van der Waals surface area contributed by atoms with Gasteiger partial charge in [-0.15, -0.1) is 0 Å². The van der Waals surface area contributed by atoms with Gasteiger partial charge in [0.05, 0.1) is 17.9 Å². The normalized spacial score (nSPS) is 21.3. The van der Waals surface area contributed by atoms with Crippen LogP contribution in [-0.2, 0) is 14.4 Å². The molecule has 150 valence electrons. The fourth-order valence-corrected chi connectivity index (χ4v) is 4.55. The molecule has 0 aromatic heterocycles. The lowest BCUT2D eigenvalue weighted by Gasteiger charge is -2.21. The Hall–Kier alpha value is -2.95. The van der Waals surface area contributed by atoms with E-state index in [2.05, 4.69) is 5.32 Å². The molecular weight excluding hydrogens is 364 g/mol. The molecule has 2 aromatic rings. The molecule has 1 saturated heterocycles. The summed E-state index contributed by atoms with van der Waals surface area (Å²) in [5, 5.41) is 3.08. The summed E-state index contributed by atoms with van der Waals surface area (Å²) in [4.78, 5) is 39.2. The van der Waals surface area contributed by atoms with E-state index in [4.69, 9.17) is 0 Å². The molecule has 1 heterocycles. The van der Waals surface area contributed by atoms with E-state index >= 15 is 0 Å². The van der Waals surface area contributed by atoms with Gasteiger partial charge in [-0.1, -0.05) is 73.5 Å². The minimum absolute atomic E-state index is 0.0878. The van der Waals surface area contributed by atoms with Crippen molar-refractivity contribution in [2.75, 3.05) is 6.54 Å². The zero-order valence-electron chi connectivity index (χ0n) is 16.4. The molecule has 2 fully saturated rings. The molecular formula is C24H26N2O3. The summed E-state index contributed by atoms with van der Waals surface area (Å²) >= 11 is 0. The number of nitrogens with zero attached hydrogens (tertiary/aromatic N) is 1. The van der Waals surface area contributed by atoms with Crippen LogP contribution in [0.25, 0.3) is 0 Å². The van der Waals surface area contributed by atoms with E-state index in [1.54, 1.807) is 0 Å². The van der Waals surface area contributed by atoms with E-state index in [0.29, 0.717) is 0 Å².